The van der Waals surface area contributed by atoms with Gasteiger partial charge in [-0.25, -0.2) is 0 Å². The third kappa shape index (κ3) is 5.38. The molecule has 0 aromatic heterocycles. The Kier molecular flexibility index (Phi) is 5.95. The van der Waals surface area contributed by atoms with E-state index in [0.29, 0.717) is 11.6 Å². The number of rotatable bonds is 5. The molecule has 0 spiro atoms. The first kappa shape index (κ1) is 15.6. The Morgan fingerprint density at radius 1 is 1.42 bits per heavy atom. The van der Waals surface area contributed by atoms with E-state index in [1.165, 1.54) is 0 Å². The van der Waals surface area contributed by atoms with Crippen LogP contribution in [-0.4, -0.2) is 48.1 Å². The first-order valence-electron chi connectivity index (χ1n) is 5.85. The molecule has 5 nitrogen and oxygen atoms in total. The van der Waals surface area contributed by atoms with E-state index in [1.54, 1.807) is 43.1 Å². The van der Waals surface area contributed by atoms with Crippen LogP contribution in [0.2, 0.25) is 5.02 Å². The monoisotopic (exact) mass is 284 g/mol. The lowest BCUT2D eigenvalue weighted by atomic mass is 10.2. The van der Waals surface area contributed by atoms with Crippen LogP contribution in [-0.2, 0) is 4.79 Å². The maximum absolute atomic E-state index is 11.8. The smallest absolute Gasteiger partial charge is 0.259 e. The molecule has 0 saturated carbocycles. The van der Waals surface area contributed by atoms with Gasteiger partial charge in [-0.15, -0.1) is 0 Å². The van der Waals surface area contributed by atoms with Gasteiger partial charge in [-0.3, -0.25) is 19.8 Å². The molecule has 1 atom stereocenters. The average molecular weight is 285 g/mol. The molecule has 6 heteroatoms. The number of nitrogens with one attached hydrogen (secondary N) is 1. The summed E-state index contributed by atoms with van der Waals surface area (Å²) in [6.07, 6.45) is -0.530. The van der Waals surface area contributed by atoms with Crippen LogP contribution in [0.5, 0.6) is 0 Å². The molecule has 2 N–H and O–H groups in total. The van der Waals surface area contributed by atoms with Crippen molar-refractivity contribution in [2.24, 2.45) is 0 Å². The van der Waals surface area contributed by atoms with E-state index in [2.05, 4.69) is 5.32 Å². The molecule has 1 aromatic rings. The number of carbonyl (C=O) groups excluding carboxylic acids is 2. The summed E-state index contributed by atoms with van der Waals surface area (Å²) >= 11 is 5.86. The quantitative estimate of drug-likeness (QED) is 0.843. The van der Waals surface area contributed by atoms with Crippen molar-refractivity contribution >= 4 is 23.4 Å². The number of likely N-dealkylation sites (N-methyl/N-ethyl adjacent to an activating group) is 1. The summed E-state index contributed by atoms with van der Waals surface area (Å²) in [7, 11) is 1.69. The zero-order chi connectivity index (χ0) is 14.4. The number of hydrogen-bond donors (Lipinski definition) is 2. The molecule has 1 aromatic carbocycles. The van der Waals surface area contributed by atoms with Gasteiger partial charge in [0.05, 0.1) is 23.2 Å². The van der Waals surface area contributed by atoms with Crippen molar-refractivity contribution in [2.75, 3.05) is 20.1 Å². The van der Waals surface area contributed by atoms with Gasteiger partial charge in [0.1, 0.15) is 0 Å². The molecule has 1 rings (SSSR count). The molecule has 0 heterocycles. The van der Waals surface area contributed by atoms with E-state index in [1.807, 2.05) is 0 Å². The first-order valence-corrected chi connectivity index (χ1v) is 6.23. The SMILES string of the molecule is CC(O)CN(C)CC(=O)NC(=O)c1ccccc1Cl. The lowest BCUT2D eigenvalue weighted by molar-refractivity contribution is -0.121. The van der Waals surface area contributed by atoms with E-state index in [4.69, 9.17) is 11.6 Å². The highest BCUT2D eigenvalue weighted by Crippen LogP contribution is 2.14. The summed E-state index contributed by atoms with van der Waals surface area (Å²) in [5.41, 5.74) is 0.260. The number of imide groups is 1. The van der Waals surface area contributed by atoms with Gasteiger partial charge in [-0.05, 0) is 26.1 Å². The fourth-order valence-electron chi connectivity index (χ4n) is 1.64. The number of hydrogen-bond acceptors (Lipinski definition) is 4. The molecule has 104 valence electrons. The molecule has 2 amide bonds. The van der Waals surface area contributed by atoms with Crippen LogP contribution in [0.25, 0.3) is 0 Å². The third-order valence-electron chi connectivity index (χ3n) is 2.36. The molecule has 19 heavy (non-hydrogen) atoms. The summed E-state index contributed by atoms with van der Waals surface area (Å²) in [6, 6.07) is 6.51. The lowest BCUT2D eigenvalue weighted by Crippen LogP contribution is -2.40. The number of benzene rings is 1. The number of amides is 2. The van der Waals surface area contributed by atoms with Crippen molar-refractivity contribution in [3.05, 3.63) is 34.9 Å². The summed E-state index contributed by atoms with van der Waals surface area (Å²) in [5, 5.41) is 11.7. The third-order valence-corrected chi connectivity index (χ3v) is 2.69. The van der Waals surface area contributed by atoms with Crippen molar-refractivity contribution in [3.8, 4) is 0 Å². The molecule has 0 fully saturated rings. The molecular formula is C13H17ClN2O3. The second-order valence-corrected chi connectivity index (χ2v) is 4.81. The highest BCUT2D eigenvalue weighted by atomic mass is 35.5. The fourth-order valence-corrected chi connectivity index (χ4v) is 1.86. The van der Waals surface area contributed by atoms with Crippen molar-refractivity contribution in [1.82, 2.24) is 10.2 Å². The summed E-state index contributed by atoms with van der Waals surface area (Å²) < 4.78 is 0. The van der Waals surface area contributed by atoms with E-state index < -0.39 is 17.9 Å². The van der Waals surface area contributed by atoms with Crippen molar-refractivity contribution in [1.29, 1.82) is 0 Å². The minimum Gasteiger partial charge on any atom is -0.392 e. The number of carbonyl (C=O) groups is 2. The largest absolute Gasteiger partial charge is 0.392 e. The molecule has 0 aliphatic heterocycles. The van der Waals surface area contributed by atoms with E-state index in [9.17, 15) is 14.7 Å². The Labute approximate surface area is 117 Å². The summed E-state index contributed by atoms with van der Waals surface area (Å²) in [5.74, 6) is -0.964. The molecule has 0 aliphatic carbocycles. The van der Waals surface area contributed by atoms with Gasteiger partial charge in [0.25, 0.3) is 5.91 Å². The number of halogens is 1. The summed E-state index contributed by atoms with van der Waals surface area (Å²) in [6.45, 7) is 2.01. The van der Waals surface area contributed by atoms with Gasteiger partial charge in [-0.1, -0.05) is 23.7 Å². The maximum atomic E-state index is 11.8. The van der Waals surface area contributed by atoms with Crippen LogP contribution in [0.3, 0.4) is 0 Å². The van der Waals surface area contributed by atoms with Crippen LogP contribution in [0.15, 0.2) is 24.3 Å². The Balaban J connectivity index is 2.53. The van der Waals surface area contributed by atoms with Crippen molar-refractivity contribution < 1.29 is 14.7 Å². The van der Waals surface area contributed by atoms with Gasteiger partial charge in [0.15, 0.2) is 0 Å². The molecule has 0 bridgehead atoms. The van der Waals surface area contributed by atoms with Gasteiger partial charge in [0, 0.05) is 6.54 Å². The second-order valence-electron chi connectivity index (χ2n) is 4.40. The first-order chi connectivity index (χ1) is 8.90. The van der Waals surface area contributed by atoms with E-state index in [0.717, 1.165) is 0 Å². The fraction of sp³-hybridized carbons (Fsp3) is 0.385. The van der Waals surface area contributed by atoms with Crippen molar-refractivity contribution in [2.45, 2.75) is 13.0 Å². The second kappa shape index (κ2) is 7.23. The zero-order valence-electron chi connectivity index (χ0n) is 10.9. The summed E-state index contributed by atoms with van der Waals surface area (Å²) in [4.78, 5) is 25.1. The highest BCUT2D eigenvalue weighted by Gasteiger charge is 2.14. The predicted molar refractivity (Wildman–Crippen MR) is 73.1 cm³/mol. The van der Waals surface area contributed by atoms with E-state index >= 15 is 0 Å². The molecule has 0 saturated heterocycles. The van der Waals surface area contributed by atoms with Gasteiger partial charge in [-0.2, -0.15) is 0 Å². The van der Waals surface area contributed by atoms with Gasteiger partial charge in [0.2, 0.25) is 5.91 Å². The van der Waals surface area contributed by atoms with Crippen LogP contribution in [0, 0.1) is 0 Å². The highest BCUT2D eigenvalue weighted by molar-refractivity contribution is 6.34. The standard InChI is InChI=1S/C13H17ClN2O3/c1-9(17)7-16(2)8-12(18)15-13(19)10-5-3-4-6-11(10)14/h3-6,9,17H,7-8H2,1-2H3,(H,15,18,19). The number of nitrogens with zero attached hydrogens (tertiary/aromatic N) is 1. The van der Waals surface area contributed by atoms with Crippen LogP contribution in [0.1, 0.15) is 17.3 Å². The predicted octanol–water partition coefficient (Wildman–Crippen LogP) is 0.909. The number of aliphatic hydroxyl groups excluding tert-OH is 1. The van der Waals surface area contributed by atoms with Gasteiger partial charge < -0.3 is 5.11 Å². The normalized spacial score (nSPS) is 12.3. The van der Waals surface area contributed by atoms with Crippen LogP contribution in [0.4, 0.5) is 0 Å². The minimum absolute atomic E-state index is 0.0289. The topological polar surface area (TPSA) is 69.6 Å². The Morgan fingerprint density at radius 2 is 2.05 bits per heavy atom. The Hall–Kier alpha value is -1.43. The van der Waals surface area contributed by atoms with Crippen molar-refractivity contribution in [3.63, 3.8) is 0 Å². The molecular weight excluding hydrogens is 268 g/mol. The Morgan fingerprint density at radius 3 is 2.63 bits per heavy atom. The zero-order valence-corrected chi connectivity index (χ0v) is 11.6. The molecule has 1 unspecified atom stereocenters. The van der Waals surface area contributed by atoms with Crippen LogP contribution >= 0.6 is 11.6 Å². The maximum Gasteiger partial charge on any atom is 0.259 e. The average Bonchev–Trinajstić information content (AvgIpc) is 2.27. The van der Waals surface area contributed by atoms with Gasteiger partial charge >= 0.3 is 0 Å². The minimum atomic E-state index is -0.530. The molecule has 0 radical (unpaired) electrons. The van der Waals surface area contributed by atoms with Crippen LogP contribution < -0.4 is 5.32 Å². The lowest BCUT2D eigenvalue weighted by Gasteiger charge is -2.17. The Bertz CT molecular complexity index is 463. The van der Waals surface area contributed by atoms with E-state index in [-0.39, 0.29) is 12.1 Å². The number of aliphatic hydroxyl groups is 1. The molecule has 0 aliphatic rings.